The molecule has 2 N–H and O–H groups in total. The molecule has 0 amide bonds. The van der Waals surface area contributed by atoms with Gasteiger partial charge in [0.25, 0.3) is 0 Å². The fourth-order valence-electron chi connectivity index (χ4n) is 3.34. The molecular weight excluding hydrogens is 234 g/mol. The number of hydrogen-bond acceptors (Lipinski definition) is 3. The van der Waals surface area contributed by atoms with Gasteiger partial charge in [0.15, 0.2) is 0 Å². The molecule has 1 aliphatic rings. The summed E-state index contributed by atoms with van der Waals surface area (Å²) in [6.45, 7) is 4.05. The molecule has 1 aromatic heterocycles. The maximum atomic E-state index is 5.97. The van der Waals surface area contributed by atoms with E-state index in [0.29, 0.717) is 12.0 Å². The fourth-order valence-corrected chi connectivity index (χ4v) is 3.34. The van der Waals surface area contributed by atoms with E-state index in [2.05, 4.69) is 36.0 Å². The quantitative estimate of drug-likeness (QED) is 0.886. The lowest BCUT2D eigenvalue weighted by Crippen LogP contribution is -2.44. The third-order valence-electron chi connectivity index (χ3n) is 4.65. The van der Waals surface area contributed by atoms with Crippen molar-refractivity contribution in [3.05, 3.63) is 30.1 Å². The Labute approximate surface area is 117 Å². The van der Waals surface area contributed by atoms with Gasteiger partial charge >= 0.3 is 0 Å². The molecule has 0 spiro atoms. The van der Waals surface area contributed by atoms with E-state index >= 15 is 0 Å². The van der Waals surface area contributed by atoms with Crippen LogP contribution in [-0.4, -0.2) is 29.5 Å². The zero-order chi connectivity index (χ0) is 13.7. The summed E-state index contributed by atoms with van der Waals surface area (Å²) in [4.78, 5) is 6.89. The lowest BCUT2D eigenvalue weighted by atomic mass is 9.76. The Kier molecular flexibility index (Phi) is 5.34. The van der Waals surface area contributed by atoms with E-state index in [9.17, 15) is 0 Å². The zero-order valence-corrected chi connectivity index (χ0v) is 12.3. The van der Waals surface area contributed by atoms with Gasteiger partial charge in [-0.25, -0.2) is 0 Å². The van der Waals surface area contributed by atoms with Crippen LogP contribution in [0.3, 0.4) is 0 Å². The van der Waals surface area contributed by atoms with Crippen molar-refractivity contribution < 1.29 is 0 Å². The normalized spacial score (nSPS) is 27.7. The highest BCUT2D eigenvalue weighted by Gasteiger charge is 2.31. The smallest absolute Gasteiger partial charge is 0.0543 e. The molecule has 3 nitrogen and oxygen atoms in total. The van der Waals surface area contributed by atoms with Crippen molar-refractivity contribution >= 4 is 0 Å². The summed E-state index contributed by atoms with van der Waals surface area (Å²) in [7, 11) is 2.22. The van der Waals surface area contributed by atoms with Crippen molar-refractivity contribution in [3.8, 4) is 0 Å². The van der Waals surface area contributed by atoms with Crippen molar-refractivity contribution in [2.45, 2.75) is 45.2 Å². The minimum Gasteiger partial charge on any atom is -0.330 e. The van der Waals surface area contributed by atoms with Crippen molar-refractivity contribution in [2.75, 3.05) is 13.6 Å². The molecule has 1 aliphatic carbocycles. The number of pyridine rings is 1. The molecule has 3 unspecified atom stereocenters. The van der Waals surface area contributed by atoms with Crippen LogP contribution in [-0.2, 0) is 6.54 Å². The SMILES string of the molecule is CCC1CCC(CN)C(N(C)Cc2ccccn2)C1. The Balaban J connectivity index is 2.00. The highest BCUT2D eigenvalue weighted by atomic mass is 15.1. The largest absolute Gasteiger partial charge is 0.330 e. The highest BCUT2D eigenvalue weighted by molar-refractivity contribution is 5.03. The summed E-state index contributed by atoms with van der Waals surface area (Å²) < 4.78 is 0. The van der Waals surface area contributed by atoms with E-state index in [1.54, 1.807) is 0 Å². The summed E-state index contributed by atoms with van der Waals surface area (Å²) in [6.07, 6.45) is 7.10. The van der Waals surface area contributed by atoms with Crippen LogP contribution in [0.4, 0.5) is 0 Å². The van der Waals surface area contributed by atoms with E-state index in [4.69, 9.17) is 5.73 Å². The Morgan fingerprint density at radius 1 is 1.37 bits per heavy atom. The lowest BCUT2D eigenvalue weighted by molar-refractivity contribution is 0.0955. The van der Waals surface area contributed by atoms with Gasteiger partial charge in [0.2, 0.25) is 0 Å². The van der Waals surface area contributed by atoms with E-state index < -0.39 is 0 Å². The van der Waals surface area contributed by atoms with E-state index in [1.807, 2.05) is 12.3 Å². The first kappa shape index (κ1) is 14.5. The zero-order valence-electron chi connectivity index (χ0n) is 12.3. The topological polar surface area (TPSA) is 42.1 Å². The molecule has 0 saturated heterocycles. The average molecular weight is 261 g/mol. The predicted octanol–water partition coefficient (Wildman–Crippen LogP) is 2.67. The van der Waals surface area contributed by atoms with Gasteiger partial charge in [-0.3, -0.25) is 9.88 Å². The molecular formula is C16H27N3. The third kappa shape index (κ3) is 3.77. The molecule has 0 aliphatic heterocycles. The van der Waals surface area contributed by atoms with Crippen LogP contribution in [0.15, 0.2) is 24.4 Å². The second kappa shape index (κ2) is 7.01. The van der Waals surface area contributed by atoms with Crippen molar-refractivity contribution in [2.24, 2.45) is 17.6 Å². The second-order valence-corrected chi connectivity index (χ2v) is 5.89. The summed E-state index contributed by atoms with van der Waals surface area (Å²) in [5.41, 5.74) is 7.12. The number of aromatic nitrogens is 1. The Bertz CT molecular complexity index is 366. The summed E-state index contributed by atoms with van der Waals surface area (Å²) in [5.74, 6) is 1.52. The van der Waals surface area contributed by atoms with Crippen LogP contribution in [0.1, 0.15) is 38.3 Å². The number of nitrogens with zero attached hydrogens (tertiary/aromatic N) is 2. The first-order valence-corrected chi connectivity index (χ1v) is 7.54. The van der Waals surface area contributed by atoms with Crippen LogP contribution < -0.4 is 5.73 Å². The lowest BCUT2D eigenvalue weighted by Gasteiger charge is -2.40. The molecule has 0 bridgehead atoms. The van der Waals surface area contributed by atoms with Gasteiger partial charge in [0.1, 0.15) is 0 Å². The maximum Gasteiger partial charge on any atom is 0.0543 e. The molecule has 19 heavy (non-hydrogen) atoms. The van der Waals surface area contributed by atoms with Gasteiger partial charge in [0.05, 0.1) is 5.69 Å². The van der Waals surface area contributed by atoms with E-state index in [1.165, 1.54) is 25.7 Å². The van der Waals surface area contributed by atoms with Crippen LogP contribution in [0.5, 0.6) is 0 Å². The number of rotatable bonds is 5. The monoisotopic (exact) mass is 261 g/mol. The molecule has 0 aromatic carbocycles. The fraction of sp³-hybridized carbons (Fsp3) is 0.688. The first-order chi connectivity index (χ1) is 9.24. The van der Waals surface area contributed by atoms with Gasteiger partial charge in [-0.05, 0) is 50.4 Å². The van der Waals surface area contributed by atoms with Gasteiger partial charge < -0.3 is 5.73 Å². The van der Waals surface area contributed by atoms with Gasteiger partial charge in [-0.2, -0.15) is 0 Å². The molecule has 0 radical (unpaired) electrons. The Hall–Kier alpha value is -0.930. The Morgan fingerprint density at radius 3 is 2.84 bits per heavy atom. The summed E-state index contributed by atoms with van der Waals surface area (Å²) in [6, 6.07) is 6.76. The minimum absolute atomic E-state index is 0.616. The molecule has 106 valence electrons. The van der Waals surface area contributed by atoms with Gasteiger partial charge in [-0.1, -0.05) is 25.8 Å². The molecule has 2 rings (SSSR count). The number of nitrogens with two attached hydrogens (primary N) is 1. The van der Waals surface area contributed by atoms with Crippen LogP contribution in [0.25, 0.3) is 0 Å². The minimum atomic E-state index is 0.616. The standard InChI is InChI=1S/C16H27N3/c1-3-13-7-8-14(11-17)16(10-13)19(2)12-15-6-4-5-9-18-15/h4-6,9,13-14,16H,3,7-8,10-12,17H2,1-2H3. The summed E-state index contributed by atoms with van der Waals surface area (Å²) >= 11 is 0. The van der Waals surface area contributed by atoms with Crippen LogP contribution >= 0.6 is 0 Å². The Morgan fingerprint density at radius 2 is 2.21 bits per heavy atom. The highest BCUT2D eigenvalue weighted by Crippen LogP contribution is 2.33. The molecule has 3 atom stereocenters. The van der Waals surface area contributed by atoms with Crippen molar-refractivity contribution in [1.82, 2.24) is 9.88 Å². The van der Waals surface area contributed by atoms with Gasteiger partial charge in [0, 0.05) is 18.8 Å². The predicted molar refractivity (Wildman–Crippen MR) is 79.7 cm³/mol. The van der Waals surface area contributed by atoms with Crippen LogP contribution in [0.2, 0.25) is 0 Å². The summed E-state index contributed by atoms with van der Waals surface area (Å²) in [5, 5.41) is 0. The molecule has 1 saturated carbocycles. The first-order valence-electron chi connectivity index (χ1n) is 7.54. The average Bonchev–Trinajstić information content (AvgIpc) is 2.47. The van der Waals surface area contributed by atoms with Crippen molar-refractivity contribution in [3.63, 3.8) is 0 Å². The third-order valence-corrected chi connectivity index (χ3v) is 4.65. The maximum absolute atomic E-state index is 5.97. The van der Waals surface area contributed by atoms with E-state index in [-0.39, 0.29) is 0 Å². The van der Waals surface area contributed by atoms with Crippen LogP contribution in [0, 0.1) is 11.8 Å². The molecule has 3 heteroatoms. The molecule has 1 aromatic rings. The molecule has 1 heterocycles. The van der Waals surface area contributed by atoms with Gasteiger partial charge in [-0.15, -0.1) is 0 Å². The molecule has 1 fully saturated rings. The second-order valence-electron chi connectivity index (χ2n) is 5.89. The van der Waals surface area contributed by atoms with Crippen molar-refractivity contribution in [1.29, 1.82) is 0 Å². The number of hydrogen-bond donors (Lipinski definition) is 1. The van der Waals surface area contributed by atoms with E-state index in [0.717, 1.165) is 24.7 Å².